The van der Waals surface area contributed by atoms with Crippen LogP contribution in [0, 0.1) is 0 Å². The number of aromatic hydroxyl groups is 2. The molecule has 0 radical (unpaired) electrons. The van der Waals surface area contributed by atoms with E-state index in [0.717, 1.165) is 32.1 Å². The minimum atomic E-state index is -0.934. The molecule has 1 aliphatic carbocycles. The van der Waals surface area contributed by atoms with Crippen LogP contribution in [0.5, 0.6) is 11.8 Å². The second-order valence-corrected chi connectivity index (χ2v) is 4.40. The van der Waals surface area contributed by atoms with Gasteiger partial charge in [0.05, 0.1) is 0 Å². The molecule has 0 amide bonds. The van der Waals surface area contributed by atoms with Crippen LogP contribution < -0.4 is 4.84 Å². The number of allylic oxidation sites excluding steroid dienone is 2. The second kappa shape index (κ2) is 6.17. The highest BCUT2D eigenvalue weighted by molar-refractivity contribution is 5.60. The van der Waals surface area contributed by atoms with E-state index in [2.05, 4.69) is 12.2 Å². The predicted molar refractivity (Wildman–Crippen MR) is 66.8 cm³/mol. The third-order valence-corrected chi connectivity index (χ3v) is 2.95. The van der Waals surface area contributed by atoms with E-state index < -0.39 is 6.16 Å². The van der Waals surface area contributed by atoms with E-state index in [-0.39, 0.29) is 17.9 Å². The minimum absolute atomic E-state index is 0.197. The molecule has 1 aromatic rings. The van der Waals surface area contributed by atoms with Gasteiger partial charge in [-0.3, -0.25) is 4.84 Å². The lowest BCUT2D eigenvalue weighted by Gasteiger charge is -2.18. The van der Waals surface area contributed by atoms with Gasteiger partial charge in [-0.25, -0.2) is 4.79 Å². The first kappa shape index (κ1) is 13.3. The predicted octanol–water partition coefficient (Wildman–Crippen LogP) is 2.35. The topological polar surface area (TPSA) is 80.9 Å². The third kappa shape index (κ3) is 3.67. The Labute approximate surface area is 110 Å². The molecule has 0 bridgehead atoms. The molecule has 1 unspecified atom stereocenters. The number of aromatic nitrogens is 1. The average Bonchev–Trinajstić information content (AvgIpc) is 2.64. The molecule has 0 saturated heterocycles. The van der Waals surface area contributed by atoms with Crippen LogP contribution in [0.4, 0.5) is 4.79 Å². The summed E-state index contributed by atoms with van der Waals surface area (Å²) >= 11 is 0. The summed E-state index contributed by atoms with van der Waals surface area (Å²) in [5.41, 5.74) is 0. The van der Waals surface area contributed by atoms with Gasteiger partial charge in [-0.05, 0) is 32.1 Å². The molecule has 0 spiro atoms. The van der Waals surface area contributed by atoms with Crippen LogP contribution >= 0.6 is 0 Å². The monoisotopic (exact) mass is 267 g/mol. The van der Waals surface area contributed by atoms with Crippen molar-refractivity contribution in [3.05, 3.63) is 24.3 Å². The Morgan fingerprint density at radius 2 is 1.84 bits per heavy atom. The first-order chi connectivity index (χ1) is 9.16. The highest BCUT2D eigenvalue weighted by Gasteiger charge is 2.18. The zero-order valence-electron chi connectivity index (χ0n) is 10.5. The van der Waals surface area contributed by atoms with Crippen LogP contribution in [0.1, 0.15) is 32.1 Å². The lowest BCUT2D eigenvalue weighted by atomic mass is 10.0. The molecule has 104 valence electrons. The summed E-state index contributed by atoms with van der Waals surface area (Å²) in [7, 11) is 0. The summed E-state index contributed by atoms with van der Waals surface area (Å²) < 4.78 is 5.79. The number of carbonyl (C=O) groups is 1. The number of hydrogen-bond acceptors (Lipinski definition) is 5. The Balaban J connectivity index is 1.88. The molecule has 2 rings (SSSR count). The molecule has 19 heavy (non-hydrogen) atoms. The zero-order valence-corrected chi connectivity index (χ0v) is 10.5. The molecule has 0 fully saturated rings. The molecule has 1 aliphatic rings. The van der Waals surface area contributed by atoms with E-state index in [4.69, 9.17) is 9.57 Å². The van der Waals surface area contributed by atoms with Gasteiger partial charge in [0.15, 0.2) is 0 Å². The normalized spacial score (nSPS) is 19.5. The molecule has 1 aromatic heterocycles. The van der Waals surface area contributed by atoms with E-state index in [1.807, 2.05) is 0 Å². The smallest absolute Gasteiger partial charge is 0.492 e. The lowest BCUT2D eigenvalue weighted by molar-refractivity contribution is 0.00424. The van der Waals surface area contributed by atoms with Gasteiger partial charge in [-0.2, -0.15) is 0 Å². The number of hydrogen-bond donors (Lipinski definition) is 2. The van der Waals surface area contributed by atoms with Crippen LogP contribution in [0.3, 0.4) is 0 Å². The van der Waals surface area contributed by atoms with Gasteiger partial charge in [0, 0.05) is 12.1 Å². The van der Waals surface area contributed by atoms with Gasteiger partial charge < -0.3 is 14.9 Å². The Morgan fingerprint density at radius 1 is 1.16 bits per heavy atom. The van der Waals surface area contributed by atoms with E-state index >= 15 is 0 Å². The molecule has 0 aliphatic heterocycles. The zero-order chi connectivity index (χ0) is 13.7. The number of rotatable bonds is 2. The average molecular weight is 267 g/mol. The first-order valence-corrected chi connectivity index (χ1v) is 6.30. The summed E-state index contributed by atoms with van der Waals surface area (Å²) in [6.07, 6.45) is 7.39. The first-order valence-electron chi connectivity index (χ1n) is 6.30. The molecule has 0 saturated carbocycles. The lowest BCUT2D eigenvalue weighted by Crippen LogP contribution is -2.26. The number of ether oxygens (including phenoxy) is 1. The maximum atomic E-state index is 11.6. The fraction of sp³-hybridized carbons (Fsp3) is 0.462. The Hall–Kier alpha value is -2.11. The molecule has 6 nitrogen and oxygen atoms in total. The number of nitrogens with zero attached hydrogens (tertiary/aromatic N) is 1. The Kier molecular flexibility index (Phi) is 4.33. The van der Waals surface area contributed by atoms with Crippen LogP contribution in [-0.2, 0) is 4.74 Å². The van der Waals surface area contributed by atoms with Crippen molar-refractivity contribution >= 4 is 6.16 Å². The molecule has 1 atom stereocenters. The maximum absolute atomic E-state index is 11.6. The molecule has 2 N–H and O–H groups in total. The van der Waals surface area contributed by atoms with Crippen molar-refractivity contribution in [1.82, 2.24) is 4.73 Å². The molecular weight excluding hydrogens is 250 g/mol. The van der Waals surface area contributed by atoms with Crippen molar-refractivity contribution in [2.75, 3.05) is 0 Å². The fourth-order valence-corrected chi connectivity index (χ4v) is 1.97. The summed E-state index contributed by atoms with van der Waals surface area (Å²) in [4.78, 5) is 16.3. The summed E-state index contributed by atoms with van der Waals surface area (Å²) in [5, 5.41) is 18.7. The van der Waals surface area contributed by atoms with Crippen molar-refractivity contribution in [3.8, 4) is 11.8 Å². The van der Waals surface area contributed by atoms with E-state index in [1.54, 1.807) is 0 Å². The van der Waals surface area contributed by atoms with Gasteiger partial charge in [0.1, 0.15) is 6.10 Å². The highest BCUT2D eigenvalue weighted by Crippen LogP contribution is 2.20. The van der Waals surface area contributed by atoms with Gasteiger partial charge in [-0.15, -0.1) is 4.73 Å². The van der Waals surface area contributed by atoms with Crippen molar-refractivity contribution in [3.63, 3.8) is 0 Å². The van der Waals surface area contributed by atoms with Gasteiger partial charge in [-0.1, -0.05) is 12.2 Å². The molecule has 0 aromatic carbocycles. The fourth-order valence-electron chi connectivity index (χ4n) is 1.97. The van der Waals surface area contributed by atoms with Crippen LogP contribution in [-0.4, -0.2) is 27.2 Å². The van der Waals surface area contributed by atoms with Crippen molar-refractivity contribution in [2.45, 2.75) is 38.2 Å². The SMILES string of the molecule is O=C(OC1CCC=CCCC1)On1c(O)ccc1O. The van der Waals surface area contributed by atoms with E-state index in [0.29, 0.717) is 4.73 Å². The molecule has 1 heterocycles. The third-order valence-electron chi connectivity index (χ3n) is 2.95. The molecular formula is C13H17NO5. The maximum Gasteiger partial charge on any atom is 0.534 e. The largest absolute Gasteiger partial charge is 0.534 e. The van der Waals surface area contributed by atoms with Gasteiger partial charge in [0.25, 0.3) is 0 Å². The van der Waals surface area contributed by atoms with E-state index in [1.165, 1.54) is 12.1 Å². The van der Waals surface area contributed by atoms with E-state index in [9.17, 15) is 15.0 Å². The number of carbonyl (C=O) groups excluding carboxylic acids is 1. The summed E-state index contributed by atoms with van der Waals surface area (Å²) in [6.45, 7) is 0. The van der Waals surface area contributed by atoms with Crippen molar-refractivity contribution in [2.24, 2.45) is 0 Å². The quantitative estimate of drug-likeness (QED) is 0.635. The van der Waals surface area contributed by atoms with Crippen LogP contribution in [0.25, 0.3) is 0 Å². The Bertz CT molecular complexity index is 446. The van der Waals surface area contributed by atoms with Crippen molar-refractivity contribution in [1.29, 1.82) is 0 Å². The Morgan fingerprint density at radius 3 is 2.58 bits per heavy atom. The second-order valence-electron chi connectivity index (χ2n) is 4.40. The van der Waals surface area contributed by atoms with Crippen LogP contribution in [0.2, 0.25) is 0 Å². The molecule has 6 heteroatoms. The highest BCUT2D eigenvalue weighted by atomic mass is 16.8. The minimum Gasteiger partial charge on any atom is -0.492 e. The van der Waals surface area contributed by atoms with Gasteiger partial charge in [0.2, 0.25) is 11.8 Å². The van der Waals surface area contributed by atoms with Crippen LogP contribution in [0.15, 0.2) is 24.3 Å². The standard InChI is InChI=1S/C13H17NO5/c15-11-8-9-12(16)14(11)19-13(17)18-10-6-4-2-1-3-5-7-10/h1-2,8-10,15-16H,3-7H2. The van der Waals surface area contributed by atoms with Gasteiger partial charge >= 0.3 is 6.16 Å². The summed E-state index contributed by atoms with van der Waals surface area (Å²) in [5.74, 6) is -0.731. The van der Waals surface area contributed by atoms with Crippen molar-refractivity contribution < 1.29 is 24.6 Å². The summed E-state index contributed by atoms with van der Waals surface area (Å²) in [6, 6.07) is 2.42.